The van der Waals surface area contributed by atoms with Gasteiger partial charge < -0.3 is 5.32 Å². The second kappa shape index (κ2) is 7.72. The summed E-state index contributed by atoms with van der Waals surface area (Å²) in [5, 5.41) is 6.41. The minimum Gasteiger partial charge on any atom is -0.335 e. The number of benzene rings is 1. The predicted octanol–water partition coefficient (Wildman–Crippen LogP) is 3.38. The molecule has 1 aliphatic heterocycles. The minimum atomic E-state index is -0.205. The monoisotopic (exact) mass is 348 g/mol. The van der Waals surface area contributed by atoms with E-state index in [0.717, 1.165) is 42.9 Å². The molecule has 0 radical (unpaired) electrons. The van der Waals surface area contributed by atoms with Crippen molar-refractivity contribution < 1.29 is 9.18 Å². The number of nitrogens with zero attached hydrogens (tertiary/aromatic N) is 2. The summed E-state index contributed by atoms with van der Waals surface area (Å²) in [6.07, 6.45) is 3.56. The van der Waals surface area contributed by atoms with Gasteiger partial charge in [-0.1, -0.05) is 12.1 Å². The van der Waals surface area contributed by atoms with E-state index in [2.05, 4.69) is 20.5 Å². The Kier molecular flexibility index (Phi) is 5.42. The van der Waals surface area contributed by atoms with Crippen LogP contribution in [0.1, 0.15) is 23.3 Å². The first-order valence-corrected chi connectivity index (χ1v) is 8.87. The lowest BCUT2D eigenvalue weighted by atomic mass is 10.0. The molecule has 1 aromatic heterocycles. The highest BCUT2D eigenvalue weighted by Crippen LogP contribution is 2.17. The van der Waals surface area contributed by atoms with E-state index in [-0.39, 0.29) is 17.9 Å². The number of rotatable bonds is 4. The fraction of sp³-hybridized carbons (Fsp3) is 0.412. The van der Waals surface area contributed by atoms with Gasteiger partial charge in [0.05, 0.1) is 0 Å². The third kappa shape index (κ3) is 4.75. The number of carbonyl (C=O) groups excluding carboxylic acids is 1. The van der Waals surface area contributed by atoms with Crippen molar-refractivity contribution in [3.05, 3.63) is 46.7 Å². The van der Waals surface area contributed by atoms with Gasteiger partial charge in [0.25, 0.3) is 0 Å². The van der Waals surface area contributed by atoms with Crippen LogP contribution in [-0.2, 0) is 6.54 Å². The van der Waals surface area contributed by atoms with E-state index < -0.39 is 0 Å². The number of halogens is 1. The van der Waals surface area contributed by atoms with Crippen LogP contribution in [0.15, 0.2) is 30.5 Å². The molecule has 0 saturated carbocycles. The van der Waals surface area contributed by atoms with Crippen LogP contribution in [0.4, 0.5) is 14.3 Å². The summed E-state index contributed by atoms with van der Waals surface area (Å²) in [6, 6.07) is 6.62. The first-order chi connectivity index (χ1) is 11.6. The number of aryl methyl sites for hydroxylation is 1. The Labute approximate surface area is 144 Å². The molecule has 1 aliphatic rings. The van der Waals surface area contributed by atoms with E-state index in [4.69, 9.17) is 0 Å². The quantitative estimate of drug-likeness (QED) is 0.891. The molecule has 0 unspecified atom stereocenters. The molecule has 7 heteroatoms. The maximum absolute atomic E-state index is 12.9. The molecule has 2 heterocycles. The highest BCUT2D eigenvalue weighted by molar-refractivity contribution is 7.15. The highest BCUT2D eigenvalue weighted by atomic mass is 32.1. The number of urea groups is 1. The van der Waals surface area contributed by atoms with Crippen molar-refractivity contribution in [1.82, 2.24) is 15.2 Å². The molecular weight excluding hydrogens is 327 g/mol. The average molecular weight is 348 g/mol. The van der Waals surface area contributed by atoms with Crippen LogP contribution in [-0.4, -0.2) is 35.0 Å². The molecule has 128 valence electrons. The van der Waals surface area contributed by atoms with E-state index in [1.165, 1.54) is 23.5 Å². The van der Waals surface area contributed by atoms with Gasteiger partial charge in [-0.3, -0.25) is 10.2 Å². The fourth-order valence-corrected chi connectivity index (χ4v) is 3.47. The molecule has 2 aromatic rings. The predicted molar refractivity (Wildman–Crippen MR) is 93.7 cm³/mol. The van der Waals surface area contributed by atoms with E-state index in [1.807, 2.05) is 19.1 Å². The molecule has 1 saturated heterocycles. The van der Waals surface area contributed by atoms with Crippen molar-refractivity contribution in [3.8, 4) is 0 Å². The second-order valence-electron chi connectivity index (χ2n) is 6.05. The van der Waals surface area contributed by atoms with Crippen LogP contribution < -0.4 is 10.6 Å². The summed E-state index contributed by atoms with van der Waals surface area (Å²) < 4.78 is 12.9. The summed E-state index contributed by atoms with van der Waals surface area (Å²) in [6.45, 7) is 4.60. The number of hydrogen-bond donors (Lipinski definition) is 2. The number of likely N-dealkylation sites (tertiary alicyclic amines) is 1. The van der Waals surface area contributed by atoms with Crippen molar-refractivity contribution in [2.45, 2.75) is 32.4 Å². The number of hydrogen-bond acceptors (Lipinski definition) is 4. The maximum atomic E-state index is 12.9. The molecule has 0 atom stereocenters. The maximum Gasteiger partial charge on any atom is 0.321 e. The van der Waals surface area contributed by atoms with Crippen molar-refractivity contribution >= 4 is 22.5 Å². The molecule has 5 nitrogen and oxygen atoms in total. The van der Waals surface area contributed by atoms with E-state index in [9.17, 15) is 9.18 Å². The van der Waals surface area contributed by atoms with Gasteiger partial charge in [-0.25, -0.2) is 14.2 Å². The van der Waals surface area contributed by atoms with Crippen molar-refractivity contribution in [1.29, 1.82) is 0 Å². The van der Waals surface area contributed by atoms with Gasteiger partial charge in [-0.2, -0.15) is 0 Å². The van der Waals surface area contributed by atoms with Gasteiger partial charge in [0.15, 0.2) is 5.13 Å². The standard InChI is InChI=1S/C17H21FN4OS/c1-12-10-19-17(24-12)21-16(23)20-15-6-8-22(9-7-15)11-13-2-4-14(18)5-3-13/h2-5,10,15H,6-9,11H2,1H3,(H2,19,20,21,23). The van der Waals surface area contributed by atoms with Crippen LogP contribution in [0.5, 0.6) is 0 Å². The molecule has 0 aliphatic carbocycles. The van der Waals surface area contributed by atoms with Gasteiger partial charge in [0.2, 0.25) is 0 Å². The molecule has 3 rings (SSSR count). The van der Waals surface area contributed by atoms with Gasteiger partial charge in [-0.15, -0.1) is 11.3 Å². The number of aromatic nitrogens is 1. The summed E-state index contributed by atoms with van der Waals surface area (Å²) in [4.78, 5) is 19.5. The zero-order valence-corrected chi connectivity index (χ0v) is 14.4. The van der Waals surface area contributed by atoms with E-state index >= 15 is 0 Å². The Morgan fingerprint density at radius 1 is 1.33 bits per heavy atom. The van der Waals surface area contributed by atoms with Crippen LogP contribution in [0.2, 0.25) is 0 Å². The Morgan fingerprint density at radius 3 is 2.67 bits per heavy atom. The zero-order chi connectivity index (χ0) is 16.9. The van der Waals surface area contributed by atoms with E-state index in [1.54, 1.807) is 6.20 Å². The fourth-order valence-electron chi connectivity index (χ4n) is 2.81. The Balaban J connectivity index is 1.41. The Hall–Kier alpha value is -1.99. The number of piperidine rings is 1. The van der Waals surface area contributed by atoms with Crippen LogP contribution in [0.3, 0.4) is 0 Å². The van der Waals surface area contributed by atoms with Gasteiger partial charge in [-0.05, 0) is 37.5 Å². The SMILES string of the molecule is Cc1cnc(NC(=O)NC2CCN(Cc3ccc(F)cc3)CC2)s1. The lowest BCUT2D eigenvalue weighted by Crippen LogP contribution is -2.45. The van der Waals surface area contributed by atoms with Crippen LogP contribution >= 0.6 is 11.3 Å². The second-order valence-corrected chi connectivity index (χ2v) is 7.29. The summed E-state index contributed by atoms with van der Waals surface area (Å²) in [5.74, 6) is -0.205. The molecule has 0 spiro atoms. The molecule has 2 N–H and O–H groups in total. The highest BCUT2D eigenvalue weighted by Gasteiger charge is 2.21. The van der Waals surface area contributed by atoms with Crippen molar-refractivity contribution in [3.63, 3.8) is 0 Å². The van der Waals surface area contributed by atoms with Crippen LogP contribution in [0, 0.1) is 12.7 Å². The number of carbonyl (C=O) groups is 1. The first kappa shape index (κ1) is 16.9. The molecular formula is C17H21FN4OS. The third-order valence-corrected chi connectivity index (χ3v) is 4.91. The number of amides is 2. The van der Waals surface area contributed by atoms with E-state index in [0.29, 0.717) is 5.13 Å². The summed E-state index contributed by atoms with van der Waals surface area (Å²) in [5.41, 5.74) is 1.11. The Morgan fingerprint density at radius 2 is 2.04 bits per heavy atom. The molecule has 2 amide bonds. The topological polar surface area (TPSA) is 57.3 Å². The smallest absolute Gasteiger partial charge is 0.321 e. The summed E-state index contributed by atoms with van der Waals surface area (Å²) in [7, 11) is 0. The largest absolute Gasteiger partial charge is 0.335 e. The molecule has 1 aromatic carbocycles. The van der Waals surface area contributed by atoms with Crippen molar-refractivity contribution in [2.75, 3.05) is 18.4 Å². The zero-order valence-electron chi connectivity index (χ0n) is 13.6. The van der Waals surface area contributed by atoms with Gasteiger partial charge in [0, 0.05) is 36.8 Å². The normalized spacial score (nSPS) is 16.1. The minimum absolute atomic E-state index is 0.176. The lowest BCUT2D eigenvalue weighted by Gasteiger charge is -2.32. The number of anilines is 1. The summed E-state index contributed by atoms with van der Waals surface area (Å²) >= 11 is 1.46. The molecule has 0 bridgehead atoms. The van der Waals surface area contributed by atoms with Crippen LogP contribution in [0.25, 0.3) is 0 Å². The molecule has 24 heavy (non-hydrogen) atoms. The third-order valence-electron chi connectivity index (χ3n) is 4.08. The van der Waals surface area contributed by atoms with Gasteiger partial charge in [0.1, 0.15) is 5.82 Å². The first-order valence-electron chi connectivity index (χ1n) is 8.05. The number of nitrogens with one attached hydrogen (secondary N) is 2. The average Bonchev–Trinajstić information content (AvgIpc) is 2.96. The number of thiazole rings is 1. The lowest BCUT2D eigenvalue weighted by molar-refractivity contribution is 0.190. The van der Waals surface area contributed by atoms with Crippen molar-refractivity contribution in [2.24, 2.45) is 0 Å². The Bertz CT molecular complexity index is 680. The molecule has 1 fully saturated rings. The van der Waals surface area contributed by atoms with Gasteiger partial charge >= 0.3 is 6.03 Å².